The zero-order valence-electron chi connectivity index (χ0n) is 19.7. The van der Waals surface area contributed by atoms with Crippen LogP contribution in [-0.4, -0.2) is 39.0 Å². The lowest BCUT2D eigenvalue weighted by Crippen LogP contribution is -2.32. The minimum absolute atomic E-state index is 0.0483. The first-order valence-corrected chi connectivity index (χ1v) is 12.6. The van der Waals surface area contributed by atoms with Crippen LogP contribution in [-0.2, 0) is 4.79 Å². The van der Waals surface area contributed by atoms with Gasteiger partial charge in [0.25, 0.3) is 16.8 Å². The molecule has 0 saturated carbocycles. The normalized spacial score (nSPS) is 14.2. The smallest absolute Gasteiger partial charge is 0.318 e. The molecule has 1 aliphatic rings. The van der Waals surface area contributed by atoms with Crippen LogP contribution in [0.3, 0.4) is 0 Å². The van der Waals surface area contributed by atoms with Crippen molar-refractivity contribution >= 4 is 56.3 Å². The van der Waals surface area contributed by atoms with Crippen molar-refractivity contribution in [3.05, 3.63) is 101 Å². The summed E-state index contributed by atoms with van der Waals surface area (Å²) < 4.78 is 12.0. The number of thioether (sulfide) groups is 1. The average molecular weight is 600 g/mol. The number of ether oxygens (including phenoxy) is 2. The minimum atomic E-state index is -0.787. The maximum absolute atomic E-state index is 13.0. The number of halogens is 1. The molecule has 1 saturated heterocycles. The Bertz CT molecular complexity index is 1480. The summed E-state index contributed by atoms with van der Waals surface area (Å²) in [6, 6.07) is 15.1. The van der Waals surface area contributed by atoms with Gasteiger partial charge in [-0.25, -0.2) is 0 Å². The topological polar surface area (TPSA) is 142 Å². The highest BCUT2D eigenvalue weighted by Gasteiger charge is 2.35. The number of carbonyl (C=O) groups excluding carboxylic acids is 2. The fourth-order valence-corrected chi connectivity index (χ4v) is 4.65. The molecular formula is C25H18BrN3O8S. The van der Waals surface area contributed by atoms with Crippen molar-refractivity contribution in [1.82, 2.24) is 4.90 Å². The third-order valence-corrected chi connectivity index (χ3v) is 6.71. The first kappa shape index (κ1) is 26.8. The van der Waals surface area contributed by atoms with Gasteiger partial charge >= 0.3 is 5.69 Å². The van der Waals surface area contributed by atoms with Crippen LogP contribution >= 0.6 is 27.7 Å². The number of amides is 2. The van der Waals surface area contributed by atoms with Gasteiger partial charge in [-0.15, -0.1) is 0 Å². The molecule has 11 nitrogen and oxygen atoms in total. The molecule has 4 rings (SSSR count). The molecule has 0 unspecified atom stereocenters. The molecular weight excluding hydrogens is 582 g/mol. The monoisotopic (exact) mass is 599 g/mol. The quantitative estimate of drug-likeness (QED) is 0.153. The molecule has 3 aromatic carbocycles. The molecule has 194 valence electrons. The number of benzene rings is 3. The second-order valence-corrected chi connectivity index (χ2v) is 9.85. The molecule has 0 aliphatic carbocycles. The number of aryl methyl sites for hydroxylation is 1. The zero-order valence-corrected chi connectivity index (χ0v) is 22.1. The van der Waals surface area contributed by atoms with Gasteiger partial charge in [0.05, 0.1) is 27.4 Å². The van der Waals surface area contributed by atoms with E-state index < -0.39 is 32.4 Å². The van der Waals surface area contributed by atoms with Crippen molar-refractivity contribution in [2.75, 3.05) is 13.2 Å². The number of nitrogens with zero attached hydrogens (tertiary/aromatic N) is 3. The lowest BCUT2D eigenvalue weighted by molar-refractivity contribution is -0.394. The second kappa shape index (κ2) is 11.4. The summed E-state index contributed by atoms with van der Waals surface area (Å²) in [5.74, 6) is 0.0210. The van der Waals surface area contributed by atoms with Gasteiger partial charge in [0.1, 0.15) is 18.1 Å². The van der Waals surface area contributed by atoms with Gasteiger partial charge in [-0.05, 0) is 61.2 Å². The molecule has 0 radical (unpaired) electrons. The Hall–Kier alpha value is -4.23. The van der Waals surface area contributed by atoms with E-state index in [1.54, 1.807) is 24.3 Å². The summed E-state index contributed by atoms with van der Waals surface area (Å²) >= 11 is 4.09. The van der Waals surface area contributed by atoms with Crippen molar-refractivity contribution in [3.63, 3.8) is 0 Å². The van der Waals surface area contributed by atoms with Crippen LogP contribution in [0.5, 0.6) is 17.2 Å². The summed E-state index contributed by atoms with van der Waals surface area (Å²) in [6.45, 7) is 2.11. The fourth-order valence-electron chi connectivity index (χ4n) is 3.42. The standard InChI is InChI=1S/C25H18BrN3O8S/c1-15-2-6-19(7-3-15)36-11-10-27-24(30)23(38-25(27)31)13-16-12-17(26)4-8-21(16)37-22-9-5-18(28(32)33)14-20(22)29(34)35/h2-9,12-14H,10-11H2,1H3/b23-13-. The maximum Gasteiger partial charge on any atom is 0.318 e. The Balaban J connectivity index is 1.54. The first-order valence-electron chi connectivity index (χ1n) is 11.0. The zero-order chi connectivity index (χ0) is 27.4. The highest BCUT2D eigenvalue weighted by atomic mass is 79.9. The molecule has 2 amide bonds. The van der Waals surface area contributed by atoms with E-state index in [0.29, 0.717) is 15.8 Å². The van der Waals surface area contributed by atoms with Gasteiger partial charge in [0.2, 0.25) is 5.75 Å². The highest BCUT2D eigenvalue weighted by Crippen LogP contribution is 2.39. The van der Waals surface area contributed by atoms with Crippen molar-refractivity contribution in [1.29, 1.82) is 0 Å². The summed E-state index contributed by atoms with van der Waals surface area (Å²) in [5, 5.41) is 22.1. The van der Waals surface area contributed by atoms with E-state index in [9.17, 15) is 29.8 Å². The Kier molecular flexibility index (Phi) is 8.08. The lowest BCUT2D eigenvalue weighted by atomic mass is 10.1. The Morgan fingerprint density at radius 1 is 0.974 bits per heavy atom. The summed E-state index contributed by atoms with van der Waals surface area (Å²) in [4.78, 5) is 47.7. The van der Waals surface area contributed by atoms with Gasteiger partial charge in [-0.2, -0.15) is 0 Å². The second-order valence-electron chi connectivity index (χ2n) is 7.95. The molecule has 1 heterocycles. The molecule has 0 atom stereocenters. The molecule has 1 aliphatic heterocycles. The lowest BCUT2D eigenvalue weighted by Gasteiger charge is -2.13. The average Bonchev–Trinajstić information content (AvgIpc) is 3.14. The van der Waals surface area contributed by atoms with Crippen molar-refractivity contribution in [2.24, 2.45) is 0 Å². The number of nitro benzene ring substituents is 2. The predicted molar refractivity (Wildman–Crippen MR) is 143 cm³/mol. The van der Waals surface area contributed by atoms with Crippen LogP contribution in [0.25, 0.3) is 6.08 Å². The third-order valence-electron chi connectivity index (χ3n) is 5.31. The fraction of sp³-hybridized carbons (Fsp3) is 0.120. The van der Waals surface area contributed by atoms with Crippen molar-refractivity contribution < 1.29 is 28.9 Å². The molecule has 13 heteroatoms. The van der Waals surface area contributed by atoms with Gasteiger partial charge in [0.15, 0.2) is 0 Å². The molecule has 0 N–H and O–H groups in total. The maximum atomic E-state index is 13.0. The largest absolute Gasteiger partial charge is 0.492 e. The number of hydrogen-bond acceptors (Lipinski definition) is 9. The molecule has 1 fully saturated rings. The van der Waals surface area contributed by atoms with Crippen LogP contribution < -0.4 is 9.47 Å². The number of non-ortho nitro benzene ring substituents is 1. The van der Waals surface area contributed by atoms with Crippen LogP contribution in [0.4, 0.5) is 16.2 Å². The molecule has 38 heavy (non-hydrogen) atoms. The Morgan fingerprint density at radius 2 is 1.68 bits per heavy atom. The summed E-state index contributed by atoms with van der Waals surface area (Å²) in [5.41, 5.74) is 0.378. The van der Waals surface area contributed by atoms with Gasteiger partial charge in [-0.3, -0.25) is 34.7 Å². The van der Waals surface area contributed by atoms with Gasteiger partial charge in [-0.1, -0.05) is 33.6 Å². The van der Waals surface area contributed by atoms with E-state index in [4.69, 9.17) is 9.47 Å². The first-order chi connectivity index (χ1) is 18.1. The van der Waals surface area contributed by atoms with Crippen LogP contribution in [0.1, 0.15) is 11.1 Å². The number of rotatable bonds is 9. The summed E-state index contributed by atoms with van der Waals surface area (Å²) in [7, 11) is 0. The number of hydrogen-bond donors (Lipinski definition) is 0. The summed E-state index contributed by atoms with van der Waals surface area (Å²) in [6.07, 6.45) is 1.45. The van der Waals surface area contributed by atoms with Crippen LogP contribution in [0, 0.1) is 27.2 Å². The van der Waals surface area contributed by atoms with Crippen molar-refractivity contribution in [2.45, 2.75) is 6.92 Å². The number of carbonyl (C=O) groups is 2. The third kappa shape index (κ3) is 6.18. The molecule has 0 bridgehead atoms. The van der Waals surface area contributed by atoms with Crippen molar-refractivity contribution in [3.8, 4) is 17.2 Å². The van der Waals surface area contributed by atoms with Gasteiger partial charge in [0, 0.05) is 16.1 Å². The van der Waals surface area contributed by atoms with E-state index in [-0.39, 0.29) is 29.6 Å². The van der Waals surface area contributed by atoms with Crippen LogP contribution in [0.15, 0.2) is 70.0 Å². The molecule has 0 aromatic heterocycles. The number of nitro groups is 2. The highest BCUT2D eigenvalue weighted by molar-refractivity contribution is 9.10. The van der Waals surface area contributed by atoms with E-state index in [2.05, 4.69) is 15.9 Å². The minimum Gasteiger partial charge on any atom is -0.492 e. The van der Waals surface area contributed by atoms with E-state index in [1.165, 1.54) is 12.1 Å². The van der Waals surface area contributed by atoms with Crippen LogP contribution in [0.2, 0.25) is 0 Å². The van der Waals surface area contributed by atoms with Gasteiger partial charge < -0.3 is 9.47 Å². The van der Waals surface area contributed by atoms with E-state index >= 15 is 0 Å². The molecule has 0 spiro atoms. The van der Waals surface area contributed by atoms with E-state index in [0.717, 1.165) is 40.4 Å². The number of imide groups is 1. The predicted octanol–water partition coefficient (Wildman–Crippen LogP) is 6.48. The SMILES string of the molecule is Cc1ccc(OCCN2C(=O)S/C(=C\c3cc(Br)ccc3Oc3ccc([N+](=O)[O-])cc3[N+](=O)[O-])C2=O)cc1. The Labute approximate surface area is 228 Å². The van der Waals surface area contributed by atoms with E-state index in [1.807, 2.05) is 19.1 Å². The molecule has 3 aromatic rings. The Morgan fingerprint density at radius 3 is 2.37 bits per heavy atom.